The summed E-state index contributed by atoms with van der Waals surface area (Å²) < 4.78 is 0. The van der Waals surface area contributed by atoms with Crippen molar-refractivity contribution in [3.05, 3.63) is 125 Å². The van der Waals surface area contributed by atoms with Crippen molar-refractivity contribution in [3.8, 4) is 0 Å². The largest absolute Gasteiger partial charge is 0.478 e. The van der Waals surface area contributed by atoms with Crippen molar-refractivity contribution >= 4 is 46.5 Å². The highest BCUT2D eigenvalue weighted by Gasteiger charge is 2.36. The maximum atomic E-state index is 13.2. The van der Waals surface area contributed by atoms with Crippen molar-refractivity contribution in [1.82, 2.24) is 5.32 Å². The third kappa shape index (κ3) is 5.78. The maximum absolute atomic E-state index is 13.2. The molecule has 0 aromatic heterocycles. The molecule has 0 bridgehead atoms. The lowest BCUT2D eigenvalue weighted by Gasteiger charge is -2.18. The molecule has 3 amide bonds. The van der Waals surface area contributed by atoms with Gasteiger partial charge in [0.15, 0.2) is 0 Å². The third-order valence-corrected chi connectivity index (χ3v) is 7.63. The first kappa shape index (κ1) is 27.6. The molecule has 0 fully saturated rings. The zero-order chi connectivity index (χ0) is 29.9. The molecule has 2 aliphatic rings. The van der Waals surface area contributed by atoms with E-state index in [-0.39, 0.29) is 29.7 Å². The molecule has 214 valence electrons. The van der Waals surface area contributed by atoms with Gasteiger partial charge in [-0.25, -0.2) is 4.79 Å². The van der Waals surface area contributed by atoms with E-state index in [4.69, 9.17) is 4.99 Å². The number of rotatable bonds is 8. The summed E-state index contributed by atoms with van der Waals surface area (Å²) in [6.07, 6.45) is 0.367. The number of hydrogen-bond donors (Lipinski definition) is 3. The molecule has 0 radical (unpaired) electrons. The standard InChI is InChI=1S/C34H28N4O5/c39-29(35-20-21-7-3-1-4-8-21)19-30(40)38-16-15-23-17-25(12-14-28(23)38)36-32(22-9-5-2-6-10-22)31-26-13-11-24(34(42)43)18-27(26)37-33(31)41/h1-14,17-18,31H,15-16,19-20H2,(H,35,39)(H,37,41)(H,42,43). The minimum Gasteiger partial charge on any atom is -0.478 e. The Bertz CT molecular complexity index is 1770. The summed E-state index contributed by atoms with van der Waals surface area (Å²) in [5.74, 6) is -2.70. The van der Waals surface area contributed by atoms with Crippen molar-refractivity contribution in [3.63, 3.8) is 0 Å². The Kier molecular flexibility index (Phi) is 7.53. The zero-order valence-corrected chi connectivity index (χ0v) is 23.1. The molecule has 2 heterocycles. The molecule has 9 heteroatoms. The van der Waals surface area contributed by atoms with Gasteiger partial charge in [-0.1, -0.05) is 66.7 Å². The number of fused-ring (bicyclic) bond motifs is 2. The van der Waals surface area contributed by atoms with Gasteiger partial charge in [0.25, 0.3) is 0 Å². The van der Waals surface area contributed by atoms with Crippen LogP contribution in [-0.2, 0) is 27.3 Å². The summed E-state index contributed by atoms with van der Waals surface area (Å²) in [5, 5.41) is 15.0. The average molecular weight is 573 g/mol. The number of carbonyl (C=O) groups is 4. The van der Waals surface area contributed by atoms with Crippen LogP contribution in [0.15, 0.2) is 102 Å². The molecule has 2 aliphatic heterocycles. The van der Waals surface area contributed by atoms with Crippen LogP contribution in [-0.4, -0.2) is 41.1 Å². The lowest BCUT2D eigenvalue weighted by molar-refractivity contribution is -0.128. The van der Waals surface area contributed by atoms with Gasteiger partial charge in [-0.05, 0) is 59.0 Å². The zero-order valence-electron chi connectivity index (χ0n) is 23.1. The Morgan fingerprint density at radius 2 is 1.65 bits per heavy atom. The molecule has 0 aliphatic carbocycles. The van der Waals surface area contributed by atoms with E-state index in [1.54, 1.807) is 17.0 Å². The van der Waals surface area contributed by atoms with Crippen molar-refractivity contribution in [2.45, 2.75) is 25.3 Å². The number of carbonyl (C=O) groups excluding carboxylic acids is 3. The lowest BCUT2D eigenvalue weighted by atomic mass is 9.90. The summed E-state index contributed by atoms with van der Waals surface area (Å²) in [5.41, 5.74) is 5.73. The van der Waals surface area contributed by atoms with Crippen LogP contribution in [0.1, 0.15) is 45.0 Å². The van der Waals surface area contributed by atoms with Gasteiger partial charge >= 0.3 is 5.97 Å². The Balaban J connectivity index is 1.24. The summed E-state index contributed by atoms with van der Waals surface area (Å²) in [7, 11) is 0. The number of nitrogens with one attached hydrogen (secondary N) is 2. The molecule has 3 N–H and O–H groups in total. The van der Waals surface area contributed by atoms with Crippen LogP contribution in [0.3, 0.4) is 0 Å². The van der Waals surface area contributed by atoms with Gasteiger partial charge in [0.05, 0.1) is 17.0 Å². The highest BCUT2D eigenvalue weighted by Crippen LogP contribution is 2.38. The van der Waals surface area contributed by atoms with Gasteiger partial charge in [0.2, 0.25) is 17.7 Å². The molecule has 0 spiro atoms. The highest BCUT2D eigenvalue weighted by molar-refractivity contribution is 6.24. The first-order chi connectivity index (χ1) is 20.9. The van der Waals surface area contributed by atoms with Gasteiger partial charge in [-0.15, -0.1) is 0 Å². The molecule has 43 heavy (non-hydrogen) atoms. The Morgan fingerprint density at radius 1 is 0.907 bits per heavy atom. The second-order valence-electron chi connectivity index (χ2n) is 10.4. The highest BCUT2D eigenvalue weighted by atomic mass is 16.4. The molecule has 1 atom stereocenters. The van der Waals surface area contributed by atoms with Gasteiger partial charge < -0.3 is 20.6 Å². The van der Waals surface area contributed by atoms with Gasteiger partial charge in [0.1, 0.15) is 12.3 Å². The fraction of sp³-hybridized carbons (Fsp3) is 0.147. The molecular formula is C34H28N4O5. The van der Waals surface area contributed by atoms with Crippen LogP contribution < -0.4 is 15.5 Å². The minimum absolute atomic E-state index is 0.0873. The summed E-state index contributed by atoms with van der Waals surface area (Å²) >= 11 is 0. The fourth-order valence-electron chi connectivity index (χ4n) is 5.52. The van der Waals surface area contributed by atoms with Gasteiger partial charge in [-0.3, -0.25) is 19.4 Å². The summed E-state index contributed by atoms with van der Waals surface area (Å²) in [6.45, 7) is 0.821. The van der Waals surface area contributed by atoms with Crippen molar-refractivity contribution < 1.29 is 24.3 Å². The van der Waals surface area contributed by atoms with E-state index in [9.17, 15) is 24.3 Å². The molecule has 0 saturated carbocycles. The molecule has 4 aromatic carbocycles. The SMILES string of the molecule is O=C(CC(=O)N1CCc2cc(N=C(c3ccccc3)C3C(=O)Nc4cc(C(=O)O)ccc43)ccc21)NCc1ccccc1. The second-order valence-corrected chi connectivity index (χ2v) is 10.4. The topological polar surface area (TPSA) is 128 Å². The molecular weight excluding hydrogens is 544 g/mol. The van der Waals surface area contributed by atoms with Crippen LogP contribution in [0.4, 0.5) is 17.1 Å². The number of aromatic carboxylic acids is 1. The number of benzene rings is 4. The van der Waals surface area contributed by atoms with E-state index in [2.05, 4.69) is 10.6 Å². The Morgan fingerprint density at radius 3 is 2.40 bits per heavy atom. The van der Waals surface area contributed by atoms with Crippen molar-refractivity contribution in [1.29, 1.82) is 0 Å². The number of nitrogens with zero attached hydrogens (tertiary/aromatic N) is 2. The number of carboxylic acid groups (broad SMARTS) is 1. The van der Waals surface area contributed by atoms with Crippen LogP contribution in [0, 0.1) is 0 Å². The van der Waals surface area contributed by atoms with E-state index in [1.165, 1.54) is 12.1 Å². The minimum atomic E-state index is -1.07. The van der Waals surface area contributed by atoms with E-state index in [0.717, 1.165) is 22.4 Å². The van der Waals surface area contributed by atoms with Crippen LogP contribution in [0.2, 0.25) is 0 Å². The third-order valence-electron chi connectivity index (χ3n) is 7.63. The number of carboxylic acids is 1. The maximum Gasteiger partial charge on any atom is 0.335 e. The number of amides is 3. The first-order valence-corrected chi connectivity index (χ1v) is 13.9. The lowest BCUT2D eigenvalue weighted by Crippen LogP contribution is -2.34. The molecule has 6 rings (SSSR count). The van der Waals surface area contributed by atoms with Crippen LogP contribution in [0.25, 0.3) is 0 Å². The number of hydrogen-bond acceptors (Lipinski definition) is 5. The van der Waals surface area contributed by atoms with E-state index >= 15 is 0 Å². The Hall–Kier alpha value is -5.57. The molecule has 9 nitrogen and oxygen atoms in total. The summed E-state index contributed by atoms with van der Waals surface area (Å²) in [4.78, 5) is 56.7. The van der Waals surface area contributed by atoms with E-state index < -0.39 is 11.9 Å². The molecule has 0 saturated heterocycles. The quantitative estimate of drug-likeness (QED) is 0.206. The smallest absolute Gasteiger partial charge is 0.335 e. The second kappa shape index (κ2) is 11.7. The Labute approximate surface area is 247 Å². The summed E-state index contributed by atoms with van der Waals surface area (Å²) in [6, 6.07) is 29.0. The first-order valence-electron chi connectivity index (χ1n) is 13.9. The fourth-order valence-corrected chi connectivity index (χ4v) is 5.52. The van der Waals surface area contributed by atoms with Gasteiger partial charge in [-0.2, -0.15) is 0 Å². The number of anilines is 2. The monoisotopic (exact) mass is 572 g/mol. The predicted molar refractivity (Wildman–Crippen MR) is 163 cm³/mol. The normalized spacial score (nSPS) is 15.4. The van der Waals surface area contributed by atoms with Crippen molar-refractivity contribution in [2.75, 3.05) is 16.8 Å². The predicted octanol–water partition coefficient (Wildman–Crippen LogP) is 4.84. The average Bonchev–Trinajstić information content (AvgIpc) is 3.59. The number of aliphatic imine (C=N–C) groups is 1. The van der Waals surface area contributed by atoms with Gasteiger partial charge in [0, 0.05) is 24.5 Å². The molecule has 4 aromatic rings. The van der Waals surface area contributed by atoms with E-state index in [1.807, 2.05) is 72.8 Å². The van der Waals surface area contributed by atoms with E-state index in [0.29, 0.717) is 42.2 Å². The van der Waals surface area contributed by atoms with Crippen LogP contribution >= 0.6 is 0 Å². The molecule has 1 unspecified atom stereocenters. The van der Waals surface area contributed by atoms with Crippen molar-refractivity contribution in [2.24, 2.45) is 4.99 Å². The van der Waals surface area contributed by atoms with Crippen LogP contribution in [0.5, 0.6) is 0 Å².